The molecule has 5 amide bonds. The number of fused-ring (bicyclic) bond motifs is 3. The fourth-order valence-electron chi connectivity index (χ4n) is 10.0. The number of nitrogens with zero attached hydrogens (tertiary/aromatic N) is 1. The number of hydroxylamine groups is 2. The standard InChI is InChI=1S/C54H66N6O21S2/c1-31-5-4-6-33-34(10-8-31)39(33)30-79-54(68)58-20-22-76-24-26-78-28-27-77-25-23-75-21-18-43(61)57-19-3-2-7-42(53(67)81-60-44(62)16-17-45(60)63)59-51(64)32-9-11-35(38(29-32)52(65)66)46-36-12-14-40(55)49(82(69,70)71)47(36)80-48-37(46)13-15-41(56)50(48)83(72,73)74/h5,9,11-15,29,33-34,39,42,55H,2-4,6-8,10,16-28,30,56H2,1H3,(H,57,61)(H,58,68)(H,59,64)(H,65,66)(H,69,70,71)(H,72,73,74)/p+1/b31-5-,55-40?. The largest absolute Gasteiger partial charge is 0.478 e. The number of carbonyl (C=O) groups excluding carboxylic acids is 6. The lowest BCUT2D eigenvalue weighted by atomic mass is 9.89. The van der Waals surface area contributed by atoms with Crippen molar-refractivity contribution >= 4 is 78.6 Å². The van der Waals surface area contributed by atoms with Crippen molar-refractivity contribution in [2.75, 3.05) is 78.3 Å². The fraction of sp³-hybridized carbons (Fsp3) is 0.481. The van der Waals surface area contributed by atoms with Gasteiger partial charge in [-0.25, -0.2) is 14.4 Å². The summed E-state index contributed by atoms with van der Waals surface area (Å²) in [6, 6.07) is 6.05. The van der Waals surface area contributed by atoms with Crippen LogP contribution in [0.5, 0.6) is 0 Å². The molecule has 83 heavy (non-hydrogen) atoms. The molecule has 1 saturated heterocycles. The monoisotopic (exact) mass is 1200 g/mol. The Morgan fingerprint density at radius 3 is 2.08 bits per heavy atom. The summed E-state index contributed by atoms with van der Waals surface area (Å²) in [5.41, 5.74) is 4.27. The van der Waals surface area contributed by atoms with Crippen molar-refractivity contribution in [3.63, 3.8) is 0 Å². The minimum Gasteiger partial charge on any atom is -0.478 e. The highest BCUT2D eigenvalue weighted by Gasteiger charge is 2.49. The maximum atomic E-state index is 13.9. The minimum atomic E-state index is -5.24. The molecule has 7 rings (SSSR count). The van der Waals surface area contributed by atoms with E-state index < -0.39 is 99.8 Å². The Morgan fingerprint density at radius 1 is 0.783 bits per heavy atom. The van der Waals surface area contributed by atoms with Gasteiger partial charge in [-0.15, -0.1) is 5.06 Å². The molecule has 29 heteroatoms. The second kappa shape index (κ2) is 28.7. The molecular weight excluding hydrogens is 1130 g/mol. The van der Waals surface area contributed by atoms with Crippen LogP contribution in [0.4, 0.5) is 10.5 Å². The second-order valence-electron chi connectivity index (χ2n) is 20.0. The average Bonchev–Trinajstić information content (AvgIpc) is 1.81. The first-order chi connectivity index (χ1) is 39.5. The lowest BCUT2D eigenvalue weighted by Gasteiger charge is -2.21. The molecule has 0 aromatic heterocycles. The van der Waals surface area contributed by atoms with Crippen molar-refractivity contribution in [1.82, 2.24) is 21.0 Å². The van der Waals surface area contributed by atoms with Crippen LogP contribution < -0.4 is 32.5 Å². The number of allylic oxidation sites excluding steroid dienone is 2. The number of anilines is 1. The van der Waals surface area contributed by atoms with Gasteiger partial charge < -0.3 is 59.7 Å². The van der Waals surface area contributed by atoms with Gasteiger partial charge in [-0.1, -0.05) is 17.7 Å². The molecule has 2 heterocycles. The molecule has 3 aliphatic carbocycles. The first-order valence-corrected chi connectivity index (χ1v) is 29.7. The smallest absolute Gasteiger partial charge is 0.407 e. The number of amides is 5. The zero-order valence-electron chi connectivity index (χ0n) is 45.4. The van der Waals surface area contributed by atoms with Gasteiger partial charge in [-0.05, 0) is 106 Å². The number of unbranched alkanes of at least 4 members (excludes halogenated alkanes) is 1. The molecule has 0 spiro atoms. The summed E-state index contributed by atoms with van der Waals surface area (Å²) in [6.45, 7) is 5.27. The highest BCUT2D eigenvalue weighted by atomic mass is 32.2. The second-order valence-corrected chi connectivity index (χ2v) is 22.7. The number of benzene rings is 3. The lowest BCUT2D eigenvalue weighted by molar-refractivity contribution is -0.199. The maximum absolute atomic E-state index is 13.9. The summed E-state index contributed by atoms with van der Waals surface area (Å²) in [6.07, 6.45) is 6.24. The van der Waals surface area contributed by atoms with Crippen LogP contribution in [-0.4, -0.2) is 156 Å². The SMILES string of the molecule is C/C1=C/CCC2C(CC1)C2COC(=O)NCCOCCOCCOCCOCCC(=O)NCCCCC(NC(=O)c1ccc(-c2c3ccc(=[NH2+])c(S(=O)(=O)O)c-3oc3c(S(=O)(=O)O)c(N)ccc23)c(C(=O)O)c1)C(=O)ON1C(=O)CCC1=O. The third kappa shape index (κ3) is 16.9. The number of aromatic carboxylic acids is 1. The third-order valence-electron chi connectivity index (χ3n) is 14.2. The van der Waals surface area contributed by atoms with Crippen LogP contribution >= 0.6 is 0 Å². The Labute approximate surface area is 476 Å². The summed E-state index contributed by atoms with van der Waals surface area (Å²) in [5, 5.41) is 23.8. The number of rotatable bonds is 30. The van der Waals surface area contributed by atoms with E-state index in [-0.39, 0.29) is 104 Å². The van der Waals surface area contributed by atoms with Crippen molar-refractivity contribution in [1.29, 1.82) is 0 Å². The summed E-state index contributed by atoms with van der Waals surface area (Å²) >= 11 is 0. The van der Waals surface area contributed by atoms with Crippen molar-refractivity contribution in [2.45, 2.75) is 87.0 Å². The summed E-state index contributed by atoms with van der Waals surface area (Å²) in [5.74, 6) is -4.87. The zero-order valence-corrected chi connectivity index (χ0v) is 47.0. The maximum Gasteiger partial charge on any atom is 0.407 e. The number of nitrogen functional groups attached to an aromatic ring is 1. The van der Waals surface area contributed by atoms with Gasteiger partial charge in [0.2, 0.25) is 16.2 Å². The molecular formula is C54H67N6O21S2+. The van der Waals surface area contributed by atoms with E-state index in [0.29, 0.717) is 63.9 Å². The van der Waals surface area contributed by atoms with E-state index in [1.807, 2.05) is 0 Å². The van der Waals surface area contributed by atoms with E-state index in [1.165, 1.54) is 17.7 Å². The Bertz CT molecular complexity index is 3370. The third-order valence-corrected chi connectivity index (χ3v) is 16.1. The zero-order chi connectivity index (χ0) is 60.0. The highest BCUT2D eigenvalue weighted by Crippen LogP contribution is 2.53. The van der Waals surface area contributed by atoms with Gasteiger partial charge >= 0.3 is 28.1 Å². The number of nitrogens with two attached hydrogens (primary N) is 2. The van der Waals surface area contributed by atoms with Gasteiger partial charge in [0.25, 0.3) is 27.8 Å². The van der Waals surface area contributed by atoms with Crippen LogP contribution in [0.25, 0.3) is 33.4 Å². The first-order valence-electron chi connectivity index (χ1n) is 26.8. The van der Waals surface area contributed by atoms with E-state index >= 15 is 0 Å². The Balaban J connectivity index is 0.841. The summed E-state index contributed by atoms with van der Waals surface area (Å²) < 4.78 is 104. The van der Waals surface area contributed by atoms with Crippen LogP contribution in [-0.2, 0) is 67.9 Å². The number of carbonyl (C=O) groups is 7. The Hall–Kier alpha value is -7.38. The molecule has 2 aliphatic heterocycles. The minimum absolute atomic E-state index is 0.0194. The number of ether oxygens (including phenoxy) is 5. The molecule has 27 nitrogen and oxygen atoms in total. The number of hydrogen-bond donors (Lipinski definition) is 8. The van der Waals surface area contributed by atoms with Crippen molar-refractivity contribution in [3.8, 4) is 22.5 Å². The van der Waals surface area contributed by atoms with Crippen molar-refractivity contribution in [2.24, 2.45) is 17.8 Å². The van der Waals surface area contributed by atoms with E-state index in [2.05, 4.69) is 29.0 Å². The van der Waals surface area contributed by atoms with Crippen LogP contribution in [0.1, 0.15) is 91.8 Å². The van der Waals surface area contributed by atoms with Crippen LogP contribution in [0, 0.1) is 17.8 Å². The van der Waals surface area contributed by atoms with E-state index in [9.17, 15) is 64.6 Å². The number of alkyl carbamates (subject to hydrolysis) is 1. The average molecular weight is 1200 g/mol. The van der Waals surface area contributed by atoms with Crippen molar-refractivity contribution in [3.05, 3.63) is 70.6 Å². The Kier molecular flexibility index (Phi) is 21.9. The number of carboxylic acids is 1. The van der Waals surface area contributed by atoms with Gasteiger partial charge in [-0.3, -0.25) is 33.7 Å². The first kappa shape index (κ1) is 63.2. The molecule has 4 unspecified atom stereocenters. The van der Waals surface area contributed by atoms with Gasteiger partial charge in [0.05, 0.1) is 70.7 Å². The fourth-order valence-corrected chi connectivity index (χ4v) is 11.5. The van der Waals surface area contributed by atoms with E-state index in [0.717, 1.165) is 56.0 Å². The van der Waals surface area contributed by atoms with Gasteiger partial charge in [0, 0.05) is 60.5 Å². The molecule has 0 radical (unpaired) electrons. The van der Waals surface area contributed by atoms with Crippen molar-refractivity contribution < 1.29 is 103 Å². The highest BCUT2D eigenvalue weighted by molar-refractivity contribution is 7.86. The normalized spacial score (nSPS) is 18.1. The van der Waals surface area contributed by atoms with Crippen LogP contribution in [0.3, 0.4) is 0 Å². The quantitative estimate of drug-likeness (QED) is 0.00926. The van der Waals surface area contributed by atoms with E-state index in [4.69, 9.17) is 44.1 Å². The van der Waals surface area contributed by atoms with Gasteiger partial charge in [0.1, 0.15) is 6.04 Å². The molecule has 10 N–H and O–H groups in total. The van der Waals surface area contributed by atoms with Gasteiger partial charge in [-0.2, -0.15) is 16.8 Å². The predicted molar refractivity (Wildman–Crippen MR) is 290 cm³/mol. The summed E-state index contributed by atoms with van der Waals surface area (Å²) in [4.78, 5) is 92.7. The molecule has 2 fully saturated rings. The summed E-state index contributed by atoms with van der Waals surface area (Å²) in [7, 11) is -10.5. The molecule has 5 aliphatic rings. The lowest BCUT2D eigenvalue weighted by Crippen LogP contribution is -2.47. The topological polar surface area (TPSA) is 408 Å². The number of hydrogen-bond acceptors (Lipinski definition) is 19. The molecule has 4 atom stereocenters. The number of nitrogens with one attached hydrogen (secondary N) is 3. The molecule has 2 aromatic carbocycles. The predicted octanol–water partition coefficient (Wildman–Crippen LogP) is 2.20. The molecule has 1 saturated carbocycles. The Morgan fingerprint density at radius 2 is 1.42 bits per heavy atom. The number of imide groups is 1. The van der Waals surface area contributed by atoms with Crippen LogP contribution in [0.15, 0.2) is 68.3 Å². The molecule has 450 valence electrons. The van der Waals surface area contributed by atoms with E-state index in [1.54, 1.807) is 0 Å². The number of carboxylic acid groups (broad SMARTS) is 1. The van der Waals surface area contributed by atoms with Crippen LogP contribution in [0.2, 0.25) is 0 Å². The molecule has 0 bridgehead atoms. The van der Waals surface area contributed by atoms with Gasteiger partial charge in [0.15, 0.2) is 16.2 Å². The molecule has 2 aromatic rings.